The summed E-state index contributed by atoms with van der Waals surface area (Å²) in [5.74, 6) is -0.474. The maximum atomic E-state index is 13.3. The Bertz CT molecular complexity index is 1100. The van der Waals surface area contributed by atoms with Crippen molar-refractivity contribution in [2.24, 2.45) is 5.10 Å². The number of carbonyl (C=O) groups excluding carboxylic acids is 1. The average molecular weight is 406 g/mol. The van der Waals surface area contributed by atoms with E-state index < -0.39 is 10.8 Å². The molecule has 3 aromatic carbocycles. The molecule has 0 N–H and O–H groups in total. The molecule has 0 aromatic heterocycles. The van der Waals surface area contributed by atoms with E-state index in [9.17, 15) is 14.9 Å². The van der Waals surface area contributed by atoms with Gasteiger partial charge in [-0.2, -0.15) is 5.10 Å². The second-order valence-electron chi connectivity index (χ2n) is 6.61. The maximum Gasteiger partial charge on any atom is 0.276 e. The third kappa shape index (κ3) is 3.75. The van der Waals surface area contributed by atoms with Crippen LogP contribution in [0.1, 0.15) is 33.9 Å². The number of hydrazone groups is 1. The standard InChI is InChI=1S/C22H16ClN3O3/c23-19-12-11-17(26(28)29)13-18(19)22(27)25-21(16-9-5-2-6-10-16)14-20(24-25)15-7-3-1-4-8-15/h1-13,21H,14H2/t21-/m1/s1. The minimum Gasteiger partial charge on any atom is -0.267 e. The van der Waals surface area contributed by atoms with Gasteiger partial charge in [0.1, 0.15) is 0 Å². The molecule has 3 aromatic rings. The van der Waals surface area contributed by atoms with Crippen molar-refractivity contribution < 1.29 is 9.72 Å². The van der Waals surface area contributed by atoms with E-state index in [1.807, 2.05) is 60.7 Å². The highest BCUT2D eigenvalue weighted by Gasteiger charge is 2.34. The van der Waals surface area contributed by atoms with Crippen molar-refractivity contribution in [2.45, 2.75) is 12.5 Å². The van der Waals surface area contributed by atoms with Gasteiger partial charge in [-0.1, -0.05) is 72.3 Å². The summed E-state index contributed by atoms with van der Waals surface area (Å²) in [6.45, 7) is 0. The molecule has 0 saturated carbocycles. The van der Waals surface area contributed by atoms with Crippen molar-refractivity contribution in [1.29, 1.82) is 0 Å². The Labute approximate surface area is 172 Å². The summed E-state index contributed by atoms with van der Waals surface area (Å²) in [4.78, 5) is 23.9. The van der Waals surface area contributed by atoms with E-state index >= 15 is 0 Å². The number of carbonyl (C=O) groups is 1. The van der Waals surface area contributed by atoms with E-state index in [0.717, 1.165) is 16.8 Å². The fraction of sp³-hybridized carbons (Fsp3) is 0.0909. The Hall–Kier alpha value is -3.51. The first-order chi connectivity index (χ1) is 14.0. The van der Waals surface area contributed by atoms with Crippen molar-refractivity contribution in [1.82, 2.24) is 5.01 Å². The summed E-state index contributed by atoms with van der Waals surface area (Å²) in [5.41, 5.74) is 2.49. The molecule has 1 aliphatic heterocycles. The summed E-state index contributed by atoms with van der Waals surface area (Å²) in [6.07, 6.45) is 0.534. The number of nitrogens with zero attached hydrogens (tertiary/aromatic N) is 3. The molecule has 0 radical (unpaired) electrons. The summed E-state index contributed by atoms with van der Waals surface area (Å²) >= 11 is 6.20. The van der Waals surface area contributed by atoms with Gasteiger partial charge in [0.05, 0.1) is 27.3 Å². The lowest BCUT2D eigenvalue weighted by Crippen LogP contribution is -2.27. The van der Waals surface area contributed by atoms with Crippen LogP contribution in [0.25, 0.3) is 0 Å². The fourth-order valence-corrected chi connectivity index (χ4v) is 3.55. The maximum absolute atomic E-state index is 13.3. The van der Waals surface area contributed by atoms with Crippen LogP contribution in [0, 0.1) is 10.1 Å². The Kier molecular flexibility index (Phi) is 5.10. The monoisotopic (exact) mass is 405 g/mol. The number of non-ortho nitro benzene ring substituents is 1. The molecular weight excluding hydrogens is 390 g/mol. The van der Waals surface area contributed by atoms with Gasteiger partial charge in [-0.3, -0.25) is 14.9 Å². The van der Waals surface area contributed by atoms with Crippen molar-refractivity contribution in [3.8, 4) is 0 Å². The molecule has 1 heterocycles. The van der Waals surface area contributed by atoms with Gasteiger partial charge in [-0.05, 0) is 17.2 Å². The first kappa shape index (κ1) is 18.8. The number of nitro groups is 1. The highest BCUT2D eigenvalue weighted by Crippen LogP contribution is 2.35. The predicted octanol–water partition coefficient (Wildman–Crippen LogP) is 5.24. The number of benzene rings is 3. The summed E-state index contributed by atoms with van der Waals surface area (Å²) in [7, 11) is 0. The van der Waals surface area contributed by atoms with Gasteiger partial charge >= 0.3 is 0 Å². The largest absolute Gasteiger partial charge is 0.276 e. The van der Waals surface area contributed by atoms with Crippen LogP contribution in [0.3, 0.4) is 0 Å². The van der Waals surface area contributed by atoms with Crippen molar-refractivity contribution in [3.05, 3.63) is 111 Å². The topological polar surface area (TPSA) is 75.8 Å². The van der Waals surface area contributed by atoms with Crippen LogP contribution in [-0.4, -0.2) is 21.6 Å². The van der Waals surface area contributed by atoms with Crippen LogP contribution in [0.4, 0.5) is 5.69 Å². The first-order valence-corrected chi connectivity index (χ1v) is 9.38. The average Bonchev–Trinajstić information content (AvgIpc) is 3.20. The van der Waals surface area contributed by atoms with E-state index in [-0.39, 0.29) is 22.3 Å². The van der Waals surface area contributed by atoms with Crippen LogP contribution in [0.2, 0.25) is 5.02 Å². The van der Waals surface area contributed by atoms with Crippen LogP contribution < -0.4 is 0 Å². The number of hydrogen-bond donors (Lipinski definition) is 0. The van der Waals surface area contributed by atoms with E-state index in [4.69, 9.17) is 11.6 Å². The van der Waals surface area contributed by atoms with Crippen LogP contribution in [0.5, 0.6) is 0 Å². The molecule has 144 valence electrons. The van der Waals surface area contributed by atoms with E-state index in [1.165, 1.54) is 23.2 Å². The van der Waals surface area contributed by atoms with Crippen molar-refractivity contribution in [2.75, 3.05) is 0 Å². The first-order valence-electron chi connectivity index (χ1n) is 9.00. The lowest BCUT2D eigenvalue weighted by Gasteiger charge is -2.22. The SMILES string of the molecule is O=C(c1cc([N+](=O)[O-])ccc1Cl)N1N=C(c2ccccc2)C[C@@H]1c1ccccc1. The second-order valence-corrected chi connectivity index (χ2v) is 7.02. The molecule has 29 heavy (non-hydrogen) atoms. The van der Waals surface area contributed by atoms with Gasteiger partial charge in [0.25, 0.3) is 11.6 Å². The molecular formula is C22H16ClN3O3. The van der Waals surface area contributed by atoms with Gasteiger partial charge in [-0.25, -0.2) is 5.01 Å². The number of nitro benzene ring substituents is 1. The van der Waals surface area contributed by atoms with Gasteiger partial charge in [0, 0.05) is 18.6 Å². The zero-order valence-electron chi connectivity index (χ0n) is 15.2. The molecule has 7 heteroatoms. The summed E-state index contributed by atoms with van der Waals surface area (Å²) in [6, 6.07) is 22.7. The number of rotatable bonds is 4. The molecule has 0 bridgehead atoms. The highest BCUT2D eigenvalue weighted by molar-refractivity contribution is 6.34. The summed E-state index contributed by atoms with van der Waals surface area (Å²) < 4.78 is 0. The minimum atomic E-state index is -0.551. The Morgan fingerprint density at radius 1 is 1.03 bits per heavy atom. The highest BCUT2D eigenvalue weighted by atomic mass is 35.5. The molecule has 0 aliphatic carbocycles. The zero-order valence-corrected chi connectivity index (χ0v) is 16.0. The molecule has 0 unspecified atom stereocenters. The molecule has 1 atom stereocenters. The van der Waals surface area contributed by atoms with Crippen LogP contribution in [0.15, 0.2) is 84.0 Å². The van der Waals surface area contributed by atoms with Crippen LogP contribution >= 0.6 is 11.6 Å². The second kappa shape index (κ2) is 7.85. The van der Waals surface area contributed by atoms with Crippen molar-refractivity contribution in [3.63, 3.8) is 0 Å². The summed E-state index contributed by atoms with van der Waals surface area (Å²) in [5, 5.41) is 17.2. The molecule has 4 rings (SSSR count). The number of amides is 1. The van der Waals surface area contributed by atoms with Gasteiger partial charge < -0.3 is 0 Å². The fourth-order valence-electron chi connectivity index (χ4n) is 3.35. The molecule has 0 fully saturated rings. The van der Waals surface area contributed by atoms with E-state index in [1.54, 1.807) is 0 Å². The Morgan fingerprint density at radius 3 is 2.34 bits per heavy atom. The quantitative estimate of drug-likeness (QED) is 0.440. The van der Waals surface area contributed by atoms with Gasteiger partial charge in [-0.15, -0.1) is 0 Å². The third-order valence-corrected chi connectivity index (χ3v) is 5.13. The van der Waals surface area contributed by atoms with E-state index in [0.29, 0.717) is 6.42 Å². The molecule has 6 nitrogen and oxygen atoms in total. The normalized spacial score (nSPS) is 15.8. The zero-order chi connectivity index (χ0) is 20.4. The van der Waals surface area contributed by atoms with Gasteiger partial charge in [0.2, 0.25) is 0 Å². The molecule has 0 spiro atoms. The number of halogens is 1. The molecule has 0 saturated heterocycles. The van der Waals surface area contributed by atoms with Crippen LogP contribution in [-0.2, 0) is 0 Å². The van der Waals surface area contributed by atoms with Gasteiger partial charge in [0.15, 0.2) is 0 Å². The molecule has 1 aliphatic rings. The minimum absolute atomic E-state index is 0.0554. The Morgan fingerprint density at radius 2 is 1.69 bits per heavy atom. The third-order valence-electron chi connectivity index (χ3n) is 4.80. The smallest absolute Gasteiger partial charge is 0.267 e. The van der Waals surface area contributed by atoms with E-state index in [2.05, 4.69) is 5.10 Å². The lowest BCUT2D eigenvalue weighted by atomic mass is 9.98. The Balaban J connectivity index is 1.77. The predicted molar refractivity (Wildman–Crippen MR) is 111 cm³/mol. The van der Waals surface area contributed by atoms with Crippen molar-refractivity contribution >= 4 is 28.9 Å². The number of hydrogen-bond acceptors (Lipinski definition) is 4. The lowest BCUT2D eigenvalue weighted by molar-refractivity contribution is -0.384. The molecule has 1 amide bonds.